The van der Waals surface area contributed by atoms with Crippen molar-refractivity contribution in [2.24, 2.45) is 0 Å². The Labute approximate surface area is 98.6 Å². The number of halogens is 2. The highest BCUT2D eigenvalue weighted by Gasteiger charge is 2.15. The van der Waals surface area contributed by atoms with E-state index in [-0.39, 0.29) is 12.4 Å². The van der Waals surface area contributed by atoms with Gasteiger partial charge in [0.2, 0.25) is 0 Å². The predicted octanol–water partition coefficient (Wildman–Crippen LogP) is 2.53. The highest BCUT2D eigenvalue weighted by molar-refractivity contribution is 9.10. The standard InChI is InChI=1S/C10H12BrNO.ClH/c1-13-10-3-2-9(11)7-4-5-12-6-8(7)10;/h2-3,12H,4-6H2,1H3;1H. The minimum Gasteiger partial charge on any atom is -0.496 e. The fraction of sp³-hybridized carbons (Fsp3) is 0.400. The Morgan fingerprint density at radius 1 is 1.36 bits per heavy atom. The first-order valence-electron chi connectivity index (χ1n) is 4.38. The summed E-state index contributed by atoms with van der Waals surface area (Å²) in [6.45, 7) is 1.97. The van der Waals surface area contributed by atoms with Gasteiger partial charge in [-0.1, -0.05) is 15.9 Å². The van der Waals surface area contributed by atoms with Gasteiger partial charge in [0, 0.05) is 16.6 Å². The minimum absolute atomic E-state index is 0. The Hall–Kier alpha value is -0.250. The molecule has 0 atom stereocenters. The van der Waals surface area contributed by atoms with E-state index >= 15 is 0 Å². The molecule has 1 aliphatic rings. The van der Waals surface area contributed by atoms with Gasteiger partial charge in [-0.3, -0.25) is 0 Å². The number of rotatable bonds is 1. The third-order valence-corrected chi connectivity index (χ3v) is 3.15. The van der Waals surface area contributed by atoms with Crippen molar-refractivity contribution < 1.29 is 4.74 Å². The molecule has 1 heterocycles. The maximum atomic E-state index is 5.31. The van der Waals surface area contributed by atoms with Crippen molar-refractivity contribution in [2.45, 2.75) is 13.0 Å². The summed E-state index contributed by atoms with van der Waals surface area (Å²) in [5.74, 6) is 0.991. The molecule has 1 aliphatic heterocycles. The van der Waals surface area contributed by atoms with Crippen LogP contribution in [0.3, 0.4) is 0 Å². The van der Waals surface area contributed by atoms with Crippen LogP contribution in [-0.2, 0) is 13.0 Å². The van der Waals surface area contributed by atoms with Gasteiger partial charge in [0.05, 0.1) is 7.11 Å². The smallest absolute Gasteiger partial charge is 0.123 e. The molecule has 0 saturated carbocycles. The van der Waals surface area contributed by atoms with Crippen molar-refractivity contribution in [3.8, 4) is 5.75 Å². The van der Waals surface area contributed by atoms with Crippen LogP contribution in [0.2, 0.25) is 0 Å². The van der Waals surface area contributed by atoms with Crippen LogP contribution in [-0.4, -0.2) is 13.7 Å². The van der Waals surface area contributed by atoms with Crippen molar-refractivity contribution in [2.75, 3.05) is 13.7 Å². The van der Waals surface area contributed by atoms with Crippen molar-refractivity contribution in [1.29, 1.82) is 0 Å². The summed E-state index contributed by atoms with van der Waals surface area (Å²) in [6.07, 6.45) is 1.08. The summed E-state index contributed by atoms with van der Waals surface area (Å²) >= 11 is 3.56. The van der Waals surface area contributed by atoms with Gasteiger partial charge in [0.25, 0.3) is 0 Å². The molecule has 0 fully saturated rings. The highest BCUT2D eigenvalue weighted by atomic mass is 79.9. The number of nitrogens with one attached hydrogen (secondary N) is 1. The van der Waals surface area contributed by atoms with Gasteiger partial charge < -0.3 is 10.1 Å². The van der Waals surface area contributed by atoms with Gasteiger partial charge >= 0.3 is 0 Å². The third-order valence-electron chi connectivity index (χ3n) is 2.40. The summed E-state index contributed by atoms with van der Waals surface area (Å²) in [4.78, 5) is 0. The van der Waals surface area contributed by atoms with E-state index in [1.54, 1.807) is 7.11 Å². The molecular formula is C10H13BrClNO. The molecule has 1 aromatic rings. The number of methoxy groups -OCH3 is 1. The zero-order valence-electron chi connectivity index (χ0n) is 7.97. The number of hydrogen-bond donors (Lipinski definition) is 1. The van der Waals surface area contributed by atoms with Crippen molar-refractivity contribution in [1.82, 2.24) is 5.32 Å². The molecular weight excluding hydrogens is 265 g/mol. The van der Waals surface area contributed by atoms with Crippen LogP contribution in [0.5, 0.6) is 5.75 Å². The Bertz CT molecular complexity index is 330. The topological polar surface area (TPSA) is 21.3 Å². The molecule has 1 N–H and O–H groups in total. The van der Waals surface area contributed by atoms with Crippen molar-refractivity contribution in [3.05, 3.63) is 27.7 Å². The van der Waals surface area contributed by atoms with Crippen LogP contribution < -0.4 is 10.1 Å². The van der Waals surface area contributed by atoms with Gasteiger partial charge in [-0.2, -0.15) is 0 Å². The van der Waals surface area contributed by atoms with Gasteiger partial charge in [-0.05, 0) is 30.7 Å². The van der Waals surface area contributed by atoms with E-state index in [1.165, 1.54) is 15.6 Å². The lowest BCUT2D eigenvalue weighted by atomic mass is 10.0. The van der Waals surface area contributed by atoms with Crippen LogP contribution in [0.1, 0.15) is 11.1 Å². The van der Waals surface area contributed by atoms with E-state index in [1.807, 2.05) is 6.07 Å². The Kier molecular flexibility index (Phi) is 4.23. The average molecular weight is 279 g/mol. The van der Waals surface area contributed by atoms with E-state index in [0.717, 1.165) is 25.3 Å². The Balaban J connectivity index is 0.000000980. The average Bonchev–Trinajstić information content (AvgIpc) is 2.19. The summed E-state index contributed by atoms with van der Waals surface area (Å²) in [7, 11) is 1.72. The highest BCUT2D eigenvalue weighted by Crippen LogP contribution is 2.30. The van der Waals surface area contributed by atoms with Crippen molar-refractivity contribution in [3.63, 3.8) is 0 Å². The summed E-state index contributed by atoms with van der Waals surface area (Å²) in [5.41, 5.74) is 2.68. The van der Waals surface area contributed by atoms with Crippen LogP contribution >= 0.6 is 28.3 Å². The largest absolute Gasteiger partial charge is 0.496 e. The lowest BCUT2D eigenvalue weighted by molar-refractivity contribution is 0.404. The van der Waals surface area contributed by atoms with E-state index in [4.69, 9.17) is 4.74 Å². The first-order chi connectivity index (χ1) is 6.33. The lowest BCUT2D eigenvalue weighted by Crippen LogP contribution is -2.24. The molecule has 0 radical (unpaired) electrons. The minimum atomic E-state index is 0. The van der Waals surface area contributed by atoms with Gasteiger partial charge in [-0.15, -0.1) is 12.4 Å². The molecule has 2 rings (SSSR count). The predicted molar refractivity (Wildman–Crippen MR) is 63.4 cm³/mol. The molecule has 1 aromatic carbocycles. The number of fused-ring (bicyclic) bond motifs is 1. The van der Waals surface area contributed by atoms with Crippen LogP contribution in [0.4, 0.5) is 0 Å². The van der Waals surface area contributed by atoms with Crippen LogP contribution in [0.15, 0.2) is 16.6 Å². The SMILES string of the molecule is COc1ccc(Br)c2c1CNCC2.Cl. The fourth-order valence-electron chi connectivity index (χ4n) is 1.73. The van der Waals surface area contributed by atoms with Gasteiger partial charge in [0.15, 0.2) is 0 Å². The molecule has 0 bridgehead atoms. The zero-order chi connectivity index (χ0) is 9.26. The maximum Gasteiger partial charge on any atom is 0.123 e. The third kappa shape index (κ3) is 2.05. The quantitative estimate of drug-likeness (QED) is 0.852. The molecule has 78 valence electrons. The molecule has 0 spiro atoms. The normalized spacial score (nSPS) is 14.1. The number of benzene rings is 1. The summed E-state index contributed by atoms with van der Waals surface area (Å²) < 4.78 is 6.51. The monoisotopic (exact) mass is 277 g/mol. The van der Waals surface area contributed by atoms with Gasteiger partial charge in [-0.25, -0.2) is 0 Å². The van der Waals surface area contributed by atoms with E-state index in [0.29, 0.717) is 0 Å². The lowest BCUT2D eigenvalue weighted by Gasteiger charge is -2.20. The zero-order valence-corrected chi connectivity index (χ0v) is 10.4. The van der Waals surface area contributed by atoms with Crippen molar-refractivity contribution >= 4 is 28.3 Å². The molecule has 14 heavy (non-hydrogen) atoms. The molecule has 0 aliphatic carbocycles. The molecule has 0 saturated heterocycles. The molecule has 2 nitrogen and oxygen atoms in total. The second-order valence-electron chi connectivity index (χ2n) is 3.13. The first kappa shape index (κ1) is 11.8. The Morgan fingerprint density at radius 3 is 2.86 bits per heavy atom. The number of ether oxygens (including phenoxy) is 1. The maximum absolute atomic E-state index is 5.31. The van der Waals surface area contributed by atoms with E-state index in [2.05, 4.69) is 27.3 Å². The first-order valence-corrected chi connectivity index (χ1v) is 5.17. The van der Waals surface area contributed by atoms with E-state index in [9.17, 15) is 0 Å². The molecule has 4 heteroatoms. The van der Waals surface area contributed by atoms with Crippen LogP contribution in [0, 0.1) is 0 Å². The fourth-order valence-corrected chi connectivity index (χ4v) is 2.29. The van der Waals surface area contributed by atoms with Crippen LogP contribution in [0.25, 0.3) is 0 Å². The van der Waals surface area contributed by atoms with Gasteiger partial charge in [0.1, 0.15) is 5.75 Å². The second kappa shape index (κ2) is 5.01. The number of hydrogen-bond acceptors (Lipinski definition) is 2. The Morgan fingerprint density at radius 2 is 2.14 bits per heavy atom. The van der Waals surface area contributed by atoms with E-state index < -0.39 is 0 Å². The summed E-state index contributed by atoms with van der Waals surface area (Å²) in [5, 5.41) is 3.34. The molecule has 0 amide bonds. The summed E-state index contributed by atoms with van der Waals surface area (Å²) in [6, 6.07) is 4.07. The molecule has 0 unspecified atom stereocenters. The second-order valence-corrected chi connectivity index (χ2v) is 3.99. The molecule has 0 aromatic heterocycles.